The van der Waals surface area contributed by atoms with Crippen LogP contribution in [-0.4, -0.2) is 58.3 Å². The summed E-state index contributed by atoms with van der Waals surface area (Å²) < 4.78 is 9.11. The first kappa shape index (κ1) is 13.9. The molecule has 7 nitrogen and oxygen atoms in total. The van der Waals surface area contributed by atoms with Crippen LogP contribution in [0, 0.1) is 0 Å². The Balaban J connectivity index is 2.79. The third kappa shape index (κ3) is 2.93. The quantitative estimate of drug-likeness (QED) is 0.501. The summed E-state index contributed by atoms with van der Waals surface area (Å²) in [6.45, 7) is 1.14. The summed E-state index contributed by atoms with van der Waals surface area (Å²) in [5.41, 5.74) is -1.95. The van der Waals surface area contributed by atoms with Crippen LogP contribution in [-0.2, 0) is 19.1 Å². The second-order valence-electron chi connectivity index (χ2n) is 4.14. The van der Waals surface area contributed by atoms with E-state index < -0.39 is 35.9 Å². The topological polar surface area (TPSA) is 113 Å². The van der Waals surface area contributed by atoms with E-state index in [1.165, 1.54) is 0 Å². The Morgan fingerprint density at radius 1 is 1.24 bits per heavy atom. The van der Waals surface area contributed by atoms with Crippen LogP contribution in [0.5, 0.6) is 0 Å². The lowest BCUT2D eigenvalue weighted by molar-refractivity contribution is -0.199. The molecule has 1 saturated carbocycles. The third-order valence-corrected chi connectivity index (χ3v) is 2.72. The number of aliphatic hydroxyl groups is 3. The first-order chi connectivity index (χ1) is 7.80. The largest absolute Gasteiger partial charge is 0.467 e. The number of ether oxygens (including phenoxy) is 2. The SMILES string of the molecule is COC(=O)C1(O)C[C@@H](O)C(OC(C)=O)[C@@H](O)C1. The predicted molar refractivity (Wildman–Crippen MR) is 53.8 cm³/mol. The van der Waals surface area contributed by atoms with Gasteiger partial charge >= 0.3 is 11.9 Å². The number of esters is 2. The van der Waals surface area contributed by atoms with E-state index in [1.54, 1.807) is 0 Å². The van der Waals surface area contributed by atoms with Gasteiger partial charge in [0.15, 0.2) is 11.7 Å². The van der Waals surface area contributed by atoms with Crippen molar-refractivity contribution in [2.45, 2.75) is 43.7 Å². The first-order valence-corrected chi connectivity index (χ1v) is 5.14. The van der Waals surface area contributed by atoms with E-state index in [0.717, 1.165) is 14.0 Å². The van der Waals surface area contributed by atoms with Crippen molar-refractivity contribution in [2.75, 3.05) is 7.11 Å². The van der Waals surface area contributed by atoms with E-state index in [0.29, 0.717) is 0 Å². The summed E-state index contributed by atoms with van der Waals surface area (Å²) in [7, 11) is 1.09. The van der Waals surface area contributed by atoms with Gasteiger partial charge in [-0.1, -0.05) is 0 Å². The third-order valence-electron chi connectivity index (χ3n) is 2.72. The van der Waals surface area contributed by atoms with Gasteiger partial charge in [-0.25, -0.2) is 4.79 Å². The smallest absolute Gasteiger partial charge is 0.338 e. The molecule has 1 aliphatic rings. The Kier molecular flexibility index (Phi) is 4.07. The Hall–Kier alpha value is -1.18. The second kappa shape index (κ2) is 4.99. The normalized spacial score (nSPS) is 37.4. The van der Waals surface area contributed by atoms with E-state index in [-0.39, 0.29) is 12.8 Å². The Bertz CT molecular complexity index is 302. The van der Waals surface area contributed by atoms with Gasteiger partial charge in [0.05, 0.1) is 19.3 Å². The summed E-state index contributed by atoms with van der Waals surface area (Å²) in [6, 6.07) is 0. The van der Waals surface area contributed by atoms with Crippen molar-refractivity contribution >= 4 is 11.9 Å². The number of carbonyl (C=O) groups is 2. The monoisotopic (exact) mass is 248 g/mol. The molecule has 0 heterocycles. The van der Waals surface area contributed by atoms with Crippen molar-refractivity contribution in [2.24, 2.45) is 0 Å². The summed E-state index contributed by atoms with van der Waals surface area (Å²) in [6.07, 6.45) is -4.50. The average molecular weight is 248 g/mol. The lowest BCUT2D eigenvalue weighted by Gasteiger charge is -2.39. The lowest BCUT2D eigenvalue weighted by Crippen LogP contribution is -2.57. The van der Waals surface area contributed by atoms with Crippen LogP contribution < -0.4 is 0 Å². The number of aliphatic hydroxyl groups excluding tert-OH is 2. The number of methoxy groups -OCH3 is 1. The summed E-state index contributed by atoms with van der Waals surface area (Å²) in [4.78, 5) is 22.1. The molecule has 1 fully saturated rings. The molecule has 0 aliphatic heterocycles. The standard InChI is InChI=1S/C10H16O7/c1-5(11)17-8-6(12)3-10(15,4-7(8)13)9(14)16-2/h6-8,12-13,15H,3-4H2,1-2H3/t6-,7+,8?,10?. The molecule has 98 valence electrons. The van der Waals surface area contributed by atoms with Crippen LogP contribution in [0.25, 0.3) is 0 Å². The Morgan fingerprint density at radius 2 is 1.71 bits per heavy atom. The number of hydrogen-bond donors (Lipinski definition) is 3. The van der Waals surface area contributed by atoms with Gasteiger partial charge in [-0.3, -0.25) is 4.79 Å². The zero-order valence-corrected chi connectivity index (χ0v) is 9.62. The van der Waals surface area contributed by atoms with Gasteiger partial charge in [0.1, 0.15) is 0 Å². The lowest BCUT2D eigenvalue weighted by atomic mass is 9.79. The number of rotatable bonds is 2. The average Bonchev–Trinajstić information content (AvgIpc) is 2.22. The molecule has 17 heavy (non-hydrogen) atoms. The van der Waals surface area contributed by atoms with Gasteiger partial charge in [-0.2, -0.15) is 0 Å². The van der Waals surface area contributed by atoms with Crippen LogP contribution in [0.15, 0.2) is 0 Å². The zero-order chi connectivity index (χ0) is 13.2. The maximum absolute atomic E-state index is 11.3. The van der Waals surface area contributed by atoms with Crippen molar-refractivity contribution < 1.29 is 34.4 Å². The highest BCUT2D eigenvalue weighted by molar-refractivity contribution is 5.79. The maximum atomic E-state index is 11.3. The first-order valence-electron chi connectivity index (χ1n) is 5.14. The Morgan fingerprint density at radius 3 is 2.06 bits per heavy atom. The minimum Gasteiger partial charge on any atom is -0.467 e. The molecular formula is C10H16O7. The second-order valence-corrected chi connectivity index (χ2v) is 4.14. The van der Waals surface area contributed by atoms with E-state index in [4.69, 9.17) is 4.74 Å². The molecular weight excluding hydrogens is 232 g/mol. The summed E-state index contributed by atoms with van der Waals surface area (Å²) in [5, 5.41) is 29.2. The van der Waals surface area contributed by atoms with Crippen molar-refractivity contribution in [1.82, 2.24) is 0 Å². The summed E-state index contributed by atoms with van der Waals surface area (Å²) >= 11 is 0. The molecule has 0 aromatic rings. The van der Waals surface area contributed by atoms with Gasteiger partial charge in [0, 0.05) is 19.8 Å². The van der Waals surface area contributed by atoms with Crippen LogP contribution in [0.3, 0.4) is 0 Å². The molecule has 0 bridgehead atoms. The zero-order valence-electron chi connectivity index (χ0n) is 9.62. The highest BCUT2D eigenvalue weighted by atomic mass is 16.6. The van der Waals surface area contributed by atoms with Gasteiger partial charge in [-0.15, -0.1) is 0 Å². The summed E-state index contributed by atoms with van der Waals surface area (Å²) in [5.74, 6) is -1.59. The van der Waals surface area contributed by atoms with Crippen molar-refractivity contribution in [1.29, 1.82) is 0 Å². The molecule has 2 unspecified atom stereocenters. The highest BCUT2D eigenvalue weighted by Gasteiger charge is 2.50. The molecule has 0 radical (unpaired) electrons. The van der Waals surface area contributed by atoms with E-state index in [2.05, 4.69) is 4.74 Å². The fraction of sp³-hybridized carbons (Fsp3) is 0.800. The molecule has 3 N–H and O–H groups in total. The van der Waals surface area contributed by atoms with Crippen LogP contribution in [0.1, 0.15) is 19.8 Å². The highest BCUT2D eigenvalue weighted by Crippen LogP contribution is 2.31. The van der Waals surface area contributed by atoms with E-state index in [1.807, 2.05) is 0 Å². The van der Waals surface area contributed by atoms with Crippen LogP contribution >= 0.6 is 0 Å². The molecule has 4 atom stereocenters. The Labute approximate surface area is 98.0 Å². The molecule has 0 aromatic carbocycles. The molecule has 0 spiro atoms. The molecule has 0 saturated heterocycles. The van der Waals surface area contributed by atoms with E-state index >= 15 is 0 Å². The minimum absolute atomic E-state index is 0.352. The molecule has 1 aliphatic carbocycles. The van der Waals surface area contributed by atoms with Crippen LogP contribution in [0.2, 0.25) is 0 Å². The maximum Gasteiger partial charge on any atom is 0.338 e. The fourth-order valence-corrected chi connectivity index (χ4v) is 1.97. The van der Waals surface area contributed by atoms with Crippen molar-refractivity contribution in [3.63, 3.8) is 0 Å². The van der Waals surface area contributed by atoms with Crippen molar-refractivity contribution in [3.8, 4) is 0 Å². The van der Waals surface area contributed by atoms with E-state index in [9.17, 15) is 24.9 Å². The van der Waals surface area contributed by atoms with Gasteiger partial charge in [0.25, 0.3) is 0 Å². The molecule has 0 amide bonds. The van der Waals surface area contributed by atoms with Crippen LogP contribution in [0.4, 0.5) is 0 Å². The number of carbonyl (C=O) groups excluding carboxylic acids is 2. The van der Waals surface area contributed by atoms with Gasteiger partial charge in [-0.05, 0) is 0 Å². The molecule has 1 rings (SSSR count). The molecule has 0 aromatic heterocycles. The van der Waals surface area contributed by atoms with Gasteiger partial charge < -0.3 is 24.8 Å². The fourth-order valence-electron chi connectivity index (χ4n) is 1.97. The van der Waals surface area contributed by atoms with Crippen molar-refractivity contribution in [3.05, 3.63) is 0 Å². The minimum atomic E-state index is -1.95. The predicted octanol–water partition coefficient (Wildman–Crippen LogP) is -1.66. The van der Waals surface area contributed by atoms with Gasteiger partial charge in [0.2, 0.25) is 0 Å². The number of hydrogen-bond acceptors (Lipinski definition) is 7. The molecule has 7 heteroatoms.